The molecule has 0 unspecified atom stereocenters. The van der Waals surface area contributed by atoms with Crippen LogP contribution >= 0.6 is 0 Å². The second kappa shape index (κ2) is 27.4. The summed E-state index contributed by atoms with van der Waals surface area (Å²) < 4.78 is 476. The van der Waals surface area contributed by atoms with Gasteiger partial charge in [0.2, 0.25) is 0 Å². The molecule has 2 aromatic heterocycles. The molecule has 594 valence electrons. The van der Waals surface area contributed by atoms with Gasteiger partial charge in [0, 0.05) is 46.8 Å². The van der Waals surface area contributed by atoms with Crippen molar-refractivity contribution in [3.63, 3.8) is 0 Å². The zero-order valence-electron chi connectivity index (χ0n) is 53.2. The topological polar surface area (TPSA) is 121 Å². The van der Waals surface area contributed by atoms with Crippen LogP contribution in [-0.2, 0) is 0 Å². The standard InChI is InChI=1S/C66H36F34N4O6/c67-51(68,53(71,72)55(75,76)57(79,80)59(83,84)61(87,88)63(91,92)65(95,96)97)23-5-25-109-33-19-15-31(16-20-33)29-101-43-11-1-9-37-35(43)7-3-13-45(37)103-47(105)39-27-41-42(28-40(39)48(103)106)50(108)104(49(41)107)46-14-4-8-36-38(46)10-2-12-44(36)102-30-32-17-21-34(22-18-32)110-26-6-24-52(69,70)54(73,74)56(77,78)58(81,82)60(85,86)62(89,90)64(93,94)66(98,99)100/h1-4,7-22,27-30H,5-6,23-26H2. The van der Waals surface area contributed by atoms with E-state index in [1.165, 1.54) is 109 Å². The highest BCUT2D eigenvalue weighted by Crippen LogP contribution is 2.67. The zero-order chi connectivity index (χ0) is 82.7. The van der Waals surface area contributed by atoms with Gasteiger partial charge in [-0.15, -0.1) is 0 Å². The summed E-state index contributed by atoms with van der Waals surface area (Å²) in [4.78, 5) is 65.8. The predicted molar refractivity (Wildman–Crippen MR) is 321 cm³/mol. The highest BCUT2D eigenvalue weighted by molar-refractivity contribution is 6.03. The zero-order valence-corrected chi connectivity index (χ0v) is 53.2. The maximum atomic E-state index is 14.4. The van der Waals surface area contributed by atoms with E-state index in [1.807, 2.05) is 0 Å². The highest BCUT2D eigenvalue weighted by atomic mass is 19.4. The van der Waals surface area contributed by atoms with E-state index in [4.69, 9.17) is 9.47 Å². The Bertz CT molecular complexity index is 4870. The average Bonchev–Trinajstić information content (AvgIpc) is 1.12. The van der Waals surface area contributed by atoms with Crippen molar-refractivity contribution in [3.05, 3.63) is 186 Å². The molecular weight excluding hydrogens is 1590 g/mol. The maximum Gasteiger partial charge on any atom is 0.460 e. The monoisotopic (exact) mass is 1630 g/mol. The molecule has 0 aliphatic heterocycles. The summed E-state index contributed by atoms with van der Waals surface area (Å²) in [5, 5.41) is -0.342. The van der Waals surface area contributed by atoms with E-state index in [2.05, 4.69) is 9.98 Å². The average molecular weight is 1630 g/mol. The Morgan fingerprint density at radius 3 is 0.800 bits per heavy atom. The van der Waals surface area contributed by atoms with Crippen molar-refractivity contribution in [1.82, 2.24) is 9.13 Å². The minimum Gasteiger partial charge on any atom is -0.494 e. The van der Waals surface area contributed by atoms with Crippen LogP contribution in [0.3, 0.4) is 0 Å². The maximum absolute atomic E-state index is 14.4. The molecule has 9 aromatic rings. The predicted octanol–water partition coefficient (Wildman–Crippen LogP) is 20.0. The number of hydrogen-bond acceptors (Lipinski definition) is 8. The molecule has 7 aromatic carbocycles. The Kier molecular flexibility index (Phi) is 20.9. The van der Waals surface area contributed by atoms with Gasteiger partial charge in [-0.05, 0) is 109 Å². The van der Waals surface area contributed by atoms with Crippen LogP contribution in [0.25, 0.3) is 54.5 Å². The summed E-state index contributed by atoms with van der Waals surface area (Å²) in [5.74, 6) is -115. The fourth-order valence-electron chi connectivity index (χ4n) is 10.8. The lowest BCUT2D eigenvalue weighted by atomic mass is 9.88. The molecule has 44 heteroatoms. The number of ether oxygens (including phenoxy) is 2. The number of benzene rings is 7. The first-order chi connectivity index (χ1) is 50.1. The summed E-state index contributed by atoms with van der Waals surface area (Å²) >= 11 is 0. The Labute approximate surface area is 586 Å². The number of nitrogens with zero attached hydrogens (tertiary/aromatic N) is 4. The first-order valence-electron chi connectivity index (χ1n) is 30.1. The number of aromatic nitrogens is 2. The quantitative estimate of drug-likeness (QED) is 0.0274. The second-order valence-corrected chi connectivity index (χ2v) is 24.0. The number of halogens is 34. The van der Waals surface area contributed by atoms with Gasteiger partial charge in [-0.3, -0.25) is 29.2 Å². The van der Waals surface area contributed by atoms with Gasteiger partial charge in [0.1, 0.15) is 11.5 Å². The van der Waals surface area contributed by atoms with E-state index in [0.29, 0.717) is 0 Å². The molecule has 0 saturated carbocycles. The van der Waals surface area contributed by atoms with E-state index < -0.39 is 156 Å². The number of fused-ring (bicyclic) bond motifs is 4. The molecule has 0 N–H and O–H groups in total. The van der Waals surface area contributed by atoms with Gasteiger partial charge < -0.3 is 9.47 Å². The van der Waals surface area contributed by atoms with Gasteiger partial charge in [0.25, 0.3) is 22.2 Å². The molecule has 10 nitrogen and oxygen atoms in total. The molecule has 0 fully saturated rings. The Balaban J connectivity index is 0.856. The molecule has 2 heterocycles. The van der Waals surface area contributed by atoms with Crippen LogP contribution < -0.4 is 31.7 Å². The normalized spacial score (nSPS) is 14.6. The summed E-state index contributed by atoms with van der Waals surface area (Å²) in [5.41, 5.74) is -3.28. The van der Waals surface area contributed by atoms with Gasteiger partial charge >= 0.3 is 95.3 Å². The number of aliphatic imine (C=N–C) groups is 2. The van der Waals surface area contributed by atoms with Crippen molar-refractivity contribution in [2.24, 2.45) is 9.98 Å². The van der Waals surface area contributed by atoms with Crippen LogP contribution in [0.15, 0.2) is 163 Å². The third-order valence-corrected chi connectivity index (χ3v) is 17.0. The van der Waals surface area contributed by atoms with Crippen molar-refractivity contribution in [2.75, 3.05) is 13.2 Å². The first kappa shape index (κ1) is 83.9. The third-order valence-electron chi connectivity index (χ3n) is 17.0. The third kappa shape index (κ3) is 13.0. The largest absolute Gasteiger partial charge is 0.494 e. The molecule has 0 saturated heterocycles. The van der Waals surface area contributed by atoms with Crippen LogP contribution in [0.2, 0.25) is 0 Å². The van der Waals surface area contributed by atoms with Crippen molar-refractivity contribution in [3.8, 4) is 22.9 Å². The number of rotatable bonds is 28. The van der Waals surface area contributed by atoms with Gasteiger partial charge in [-0.2, -0.15) is 149 Å². The number of hydrogen-bond donors (Lipinski definition) is 0. The van der Waals surface area contributed by atoms with Crippen molar-refractivity contribution >= 4 is 66.9 Å². The number of alkyl halides is 34. The summed E-state index contributed by atoms with van der Waals surface area (Å²) in [6.45, 7) is -2.41. The van der Waals surface area contributed by atoms with Crippen LogP contribution in [0, 0.1) is 0 Å². The molecule has 0 aliphatic carbocycles. The van der Waals surface area contributed by atoms with Gasteiger partial charge in [-0.25, -0.2) is 9.13 Å². The Hall–Kier alpha value is -10.1. The summed E-state index contributed by atoms with van der Waals surface area (Å²) in [6, 6.07) is 28.3. The van der Waals surface area contributed by atoms with Crippen molar-refractivity contribution < 1.29 is 159 Å². The van der Waals surface area contributed by atoms with Crippen molar-refractivity contribution in [2.45, 2.75) is 121 Å². The van der Waals surface area contributed by atoms with Crippen molar-refractivity contribution in [1.29, 1.82) is 0 Å². The second-order valence-electron chi connectivity index (χ2n) is 24.0. The lowest BCUT2D eigenvalue weighted by molar-refractivity contribution is -0.461. The molecular formula is C66H36F34N4O6. The molecule has 110 heavy (non-hydrogen) atoms. The minimum absolute atomic E-state index is 0.0399. The van der Waals surface area contributed by atoms with E-state index in [1.54, 1.807) is 0 Å². The highest BCUT2D eigenvalue weighted by Gasteiger charge is 2.97. The summed E-state index contributed by atoms with van der Waals surface area (Å²) in [6.07, 6.45) is -21.9. The lowest BCUT2D eigenvalue weighted by Crippen LogP contribution is -2.74. The van der Waals surface area contributed by atoms with E-state index in [-0.39, 0.29) is 88.5 Å². The molecule has 0 radical (unpaired) electrons. The Morgan fingerprint density at radius 1 is 0.282 bits per heavy atom. The van der Waals surface area contributed by atoms with Gasteiger partial charge in [-0.1, -0.05) is 48.5 Å². The molecule has 0 bridgehead atoms. The molecule has 9 rings (SSSR count). The van der Waals surface area contributed by atoms with Crippen LogP contribution in [0.4, 0.5) is 161 Å². The fourth-order valence-corrected chi connectivity index (χ4v) is 10.8. The molecule has 0 spiro atoms. The van der Waals surface area contributed by atoms with Gasteiger partial charge in [0.15, 0.2) is 0 Å². The SMILES string of the molecule is O=c1c2cc3c(=O)n(-c4cccc5c(N=Cc6ccc(OCCCC(F)(F)C(F)(F)C(F)(F)C(F)(F)C(F)(F)C(F)(F)C(F)(F)C(F)(F)F)cc6)cccc45)c(=O)c3cc2c(=O)n1-c1cccc2c(N=Cc3ccc(OCCCC(F)(F)C(F)(F)C(F)(F)C(F)(F)C(F)(F)C(F)(F)C(F)(F)C(F)(F)F)cc3)cccc12. The molecule has 0 atom stereocenters. The van der Waals surface area contributed by atoms with E-state index in [0.717, 1.165) is 45.5 Å². The summed E-state index contributed by atoms with van der Waals surface area (Å²) in [7, 11) is 0. The Morgan fingerprint density at radius 2 is 0.527 bits per heavy atom. The smallest absolute Gasteiger partial charge is 0.460 e. The van der Waals surface area contributed by atoms with Crippen LogP contribution in [0.5, 0.6) is 11.5 Å². The molecule has 0 aliphatic rings. The lowest BCUT2D eigenvalue weighted by Gasteiger charge is -2.42. The fraction of sp³-hybridized carbons (Fsp3) is 0.333. The first-order valence-corrected chi connectivity index (χ1v) is 30.1. The van der Waals surface area contributed by atoms with Gasteiger partial charge in [0.05, 0.1) is 57.5 Å². The van der Waals surface area contributed by atoms with E-state index >= 15 is 0 Å². The van der Waals surface area contributed by atoms with Crippen LogP contribution in [-0.4, -0.2) is 130 Å². The minimum atomic E-state index is -8.76. The molecule has 0 amide bonds. The van der Waals surface area contributed by atoms with E-state index in [9.17, 15) is 168 Å². The van der Waals surface area contributed by atoms with Crippen LogP contribution in [0.1, 0.15) is 36.8 Å².